The standard InChI is InChI=1S/C16H13BrN2O2/c1-10-8-13(20)6-7-14(10)16-18-15(19-21-16)9-11-2-4-12(17)5-3-11/h2-8,20H,9H2,1H3. The first-order valence-electron chi connectivity index (χ1n) is 6.49. The van der Waals surface area contributed by atoms with Crippen molar-refractivity contribution in [3.8, 4) is 17.2 Å². The second-order valence-corrected chi connectivity index (χ2v) is 5.73. The van der Waals surface area contributed by atoms with Crippen LogP contribution in [0, 0.1) is 6.92 Å². The number of aromatic nitrogens is 2. The summed E-state index contributed by atoms with van der Waals surface area (Å²) >= 11 is 3.41. The molecule has 21 heavy (non-hydrogen) atoms. The molecule has 1 N–H and O–H groups in total. The number of rotatable bonds is 3. The molecule has 0 aliphatic carbocycles. The third-order valence-corrected chi connectivity index (χ3v) is 3.71. The van der Waals surface area contributed by atoms with E-state index in [0.717, 1.165) is 21.2 Å². The van der Waals surface area contributed by atoms with Crippen LogP contribution in [0.15, 0.2) is 51.5 Å². The quantitative estimate of drug-likeness (QED) is 0.776. The van der Waals surface area contributed by atoms with E-state index in [1.54, 1.807) is 18.2 Å². The van der Waals surface area contributed by atoms with Crippen LogP contribution in [-0.4, -0.2) is 15.2 Å². The zero-order valence-corrected chi connectivity index (χ0v) is 13.0. The lowest BCUT2D eigenvalue weighted by atomic mass is 10.1. The predicted molar refractivity (Wildman–Crippen MR) is 83.1 cm³/mol. The Morgan fingerprint density at radius 1 is 1.14 bits per heavy atom. The Morgan fingerprint density at radius 2 is 1.90 bits per heavy atom. The van der Waals surface area contributed by atoms with Gasteiger partial charge in [-0.25, -0.2) is 0 Å². The van der Waals surface area contributed by atoms with E-state index < -0.39 is 0 Å². The van der Waals surface area contributed by atoms with Gasteiger partial charge in [0, 0.05) is 16.5 Å². The highest BCUT2D eigenvalue weighted by molar-refractivity contribution is 9.10. The molecule has 0 spiro atoms. The lowest BCUT2D eigenvalue weighted by Gasteiger charge is -2.00. The molecule has 0 saturated heterocycles. The summed E-state index contributed by atoms with van der Waals surface area (Å²) in [4.78, 5) is 4.42. The van der Waals surface area contributed by atoms with Crippen molar-refractivity contribution in [1.82, 2.24) is 10.1 Å². The van der Waals surface area contributed by atoms with Crippen molar-refractivity contribution in [3.63, 3.8) is 0 Å². The average Bonchev–Trinajstić information content (AvgIpc) is 2.90. The molecule has 0 aliphatic rings. The van der Waals surface area contributed by atoms with Crippen LogP contribution in [0.1, 0.15) is 17.0 Å². The monoisotopic (exact) mass is 344 g/mol. The molecule has 0 saturated carbocycles. The molecule has 4 nitrogen and oxygen atoms in total. The fourth-order valence-electron chi connectivity index (χ4n) is 2.11. The fourth-order valence-corrected chi connectivity index (χ4v) is 2.37. The lowest BCUT2D eigenvalue weighted by Crippen LogP contribution is -1.90. The van der Waals surface area contributed by atoms with Crippen molar-refractivity contribution < 1.29 is 9.63 Å². The van der Waals surface area contributed by atoms with Crippen LogP contribution in [0.25, 0.3) is 11.5 Å². The molecule has 106 valence electrons. The van der Waals surface area contributed by atoms with Crippen molar-refractivity contribution in [3.05, 3.63) is 63.9 Å². The van der Waals surface area contributed by atoms with Crippen molar-refractivity contribution in [1.29, 1.82) is 0 Å². The SMILES string of the molecule is Cc1cc(O)ccc1-c1nc(Cc2ccc(Br)cc2)no1. The molecule has 5 heteroatoms. The fraction of sp³-hybridized carbons (Fsp3) is 0.125. The normalized spacial score (nSPS) is 10.8. The molecule has 0 aliphatic heterocycles. The van der Waals surface area contributed by atoms with E-state index in [0.29, 0.717) is 18.1 Å². The summed E-state index contributed by atoms with van der Waals surface area (Å²) in [5.41, 5.74) is 2.85. The van der Waals surface area contributed by atoms with Gasteiger partial charge >= 0.3 is 0 Å². The maximum atomic E-state index is 9.44. The topological polar surface area (TPSA) is 59.2 Å². The zero-order chi connectivity index (χ0) is 14.8. The molecule has 3 aromatic rings. The summed E-state index contributed by atoms with van der Waals surface area (Å²) < 4.78 is 6.36. The molecule has 1 aromatic heterocycles. The summed E-state index contributed by atoms with van der Waals surface area (Å²) in [6, 6.07) is 13.1. The van der Waals surface area contributed by atoms with E-state index in [1.807, 2.05) is 31.2 Å². The molecule has 0 fully saturated rings. The Bertz CT molecular complexity index is 766. The van der Waals surface area contributed by atoms with E-state index in [4.69, 9.17) is 4.52 Å². The molecular weight excluding hydrogens is 332 g/mol. The first-order chi connectivity index (χ1) is 10.1. The molecular formula is C16H13BrN2O2. The van der Waals surface area contributed by atoms with Crippen LogP contribution in [0.5, 0.6) is 5.75 Å². The number of hydrogen-bond donors (Lipinski definition) is 1. The van der Waals surface area contributed by atoms with E-state index in [1.165, 1.54) is 0 Å². The van der Waals surface area contributed by atoms with Crippen molar-refractivity contribution in [2.75, 3.05) is 0 Å². The minimum atomic E-state index is 0.228. The van der Waals surface area contributed by atoms with Crippen LogP contribution in [0.2, 0.25) is 0 Å². The number of benzene rings is 2. The highest BCUT2D eigenvalue weighted by atomic mass is 79.9. The number of aromatic hydroxyl groups is 1. The van der Waals surface area contributed by atoms with Gasteiger partial charge < -0.3 is 9.63 Å². The van der Waals surface area contributed by atoms with Crippen molar-refractivity contribution in [2.45, 2.75) is 13.3 Å². The van der Waals surface area contributed by atoms with Gasteiger partial charge in [-0.3, -0.25) is 0 Å². The lowest BCUT2D eigenvalue weighted by molar-refractivity contribution is 0.423. The summed E-state index contributed by atoms with van der Waals surface area (Å²) in [6.07, 6.45) is 0.619. The van der Waals surface area contributed by atoms with E-state index in [2.05, 4.69) is 26.1 Å². The summed E-state index contributed by atoms with van der Waals surface area (Å²) in [7, 11) is 0. The molecule has 2 aromatic carbocycles. The van der Waals surface area contributed by atoms with E-state index in [-0.39, 0.29) is 5.75 Å². The van der Waals surface area contributed by atoms with Gasteiger partial charge in [-0.1, -0.05) is 33.2 Å². The molecule has 0 amide bonds. The zero-order valence-electron chi connectivity index (χ0n) is 11.4. The Kier molecular flexibility index (Phi) is 3.75. The van der Waals surface area contributed by atoms with E-state index >= 15 is 0 Å². The number of phenols is 1. The van der Waals surface area contributed by atoms with Gasteiger partial charge in [0.05, 0.1) is 0 Å². The van der Waals surface area contributed by atoms with Crippen molar-refractivity contribution in [2.24, 2.45) is 0 Å². The van der Waals surface area contributed by atoms with Crippen LogP contribution in [0.3, 0.4) is 0 Å². The second kappa shape index (κ2) is 5.69. The Labute approximate surface area is 130 Å². The van der Waals surface area contributed by atoms with Gasteiger partial charge in [0.1, 0.15) is 5.75 Å². The molecule has 1 heterocycles. The number of aryl methyl sites for hydroxylation is 1. The van der Waals surface area contributed by atoms with Crippen LogP contribution in [0.4, 0.5) is 0 Å². The van der Waals surface area contributed by atoms with Crippen LogP contribution < -0.4 is 0 Å². The summed E-state index contributed by atoms with van der Waals surface area (Å²) in [6.45, 7) is 1.90. The highest BCUT2D eigenvalue weighted by Crippen LogP contribution is 2.25. The van der Waals surface area contributed by atoms with Gasteiger partial charge in [-0.2, -0.15) is 4.98 Å². The number of hydrogen-bond acceptors (Lipinski definition) is 4. The first-order valence-corrected chi connectivity index (χ1v) is 7.28. The number of halogens is 1. The second-order valence-electron chi connectivity index (χ2n) is 4.82. The number of phenolic OH excluding ortho intramolecular Hbond substituents is 1. The molecule has 0 atom stereocenters. The Morgan fingerprint density at radius 3 is 2.62 bits per heavy atom. The minimum absolute atomic E-state index is 0.228. The maximum absolute atomic E-state index is 9.44. The van der Waals surface area contributed by atoms with Gasteiger partial charge in [-0.15, -0.1) is 0 Å². The first kappa shape index (κ1) is 13.8. The predicted octanol–water partition coefficient (Wildman–Crippen LogP) is 4.10. The Balaban J connectivity index is 1.84. The third-order valence-electron chi connectivity index (χ3n) is 3.18. The van der Waals surface area contributed by atoms with Gasteiger partial charge in [0.15, 0.2) is 5.82 Å². The van der Waals surface area contributed by atoms with Gasteiger partial charge in [-0.05, 0) is 48.4 Å². The average molecular weight is 345 g/mol. The smallest absolute Gasteiger partial charge is 0.258 e. The summed E-state index contributed by atoms with van der Waals surface area (Å²) in [5, 5.41) is 13.4. The van der Waals surface area contributed by atoms with Crippen molar-refractivity contribution >= 4 is 15.9 Å². The number of nitrogens with zero attached hydrogens (tertiary/aromatic N) is 2. The highest BCUT2D eigenvalue weighted by Gasteiger charge is 2.12. The van der Waals surface area contributed by atoms with Crippen LogP contribution >= 0.6 is 15.9 Å². The van der Waals surface area contributed by atoms with Crippen LogP contribution in [-0.2, 0) is 6.42 Å². The van der Waals surface area contributed by atoms with Gasteiger partial charge in [0.25, 0.3) is 5.89 Å². The third kappa shape index (κ3) is 3.13. The minimum Gasteiger partial charge on any atom is -0.508 e. The van der Waals surface area contributed by atoms with Gasteiger partial charge in [0.2, 0.25) is 0 Å². The molecule has 0 radical (unpaired) electrons. The Hall–Kier alpha value is -2.14. The molecule has 3 rings (SSSR count). The van der Waals surface area contributed by atoms with E-state index in [9.17, 15) is 5.11 Å². The largest absolute Gasteiger partial charge is 0.508 e. The maximum Gasteiger partial charge on any atom is 0.258 e. The molecule has 0 bridgehead atoms. The summed E-state index contributed by atoms with van der Waals surface area (Å²) in [5.74, 6) is 1.34. The molecule has 0 unspecified atom stereocenters.